The monoisotopic (exact) mass is 268 g/mol. The minimum atomic E-state index is -2.86. The Morgan fingerprint density at radius 2 is 1.89 bits per heavy atom. The Morgan fingerprint density at radius 1 is 1.28 bits per heavy atom. The Hall–Kier alpha value is -1.07. The molecule has 1 fully saturated rings. The van der Waals surface area contributed by atoms with Gasteiger partial charge in [-0.25, -0.2) is 8.42 Å². The van der Waals surface area contributed by atoms with E-state index in [0.29, 0.717) is 19.4 Å². The zero-order valence-electron chi connectivity index (χ0n) is 10.6. The fourth-order valence-corrected chi connectivity index (χ4v) is 3.92. The fraction of sp³-hybridized carbons (Fsp3) is 0.538. The van der Waals surface area contributed by atoms with Crippen LogP contribution in [0.15, 0.2) is 24.3 Å². The zero-order valence-corrected chi connectivity index (χ0v) is 11.5. The van der Waals surface area contributed by atoms with Gasteiger partial charge in [-0.05, 0) is 31.4 Å². The first-order valence-electron chi connectivity index (χ1n) is 6.21. The number of para-hydroxylation sites is 1. The highest BCUT2D eigenvalue weighted by Crippen LogP contribution is 2.28. The lowest BCUT2D eigenvalue weighted by molar-refractivity contribution is 0.426. The summed E-state index contributed by atoms with van der Waals surface area (Å²) in [4.78, 5) is 0. The van der Waals surface area contributed by atoms with E-state index in [1.165, 1.54) is 0 Å². The van der Waals surface area contributed by atoms with Gasteiger partial charge in [-0.1, -0.05) is 18.2 Å². The molecule has 0 spiro atoms. The molecule has 2 rings (SSSR count). The highest BCUT2D eigenvalue weighted by Gasteiger charge is 2.36. The van der Waals surface area contributed by atoms with Crippen LogP contribution in [-0.4, -0.2) is 32.0 Å². The van der Waals surface area contributed by atoms with Crippen molar-refractivity contribution >= 4 is 15.5 Å². The summed E-state index contributed by atoms with van der Waals surface area (Å²) in [6.45, 7) is 2.49. The van der Waals surface area contributed by atoms with Gasteiger partial charge in [0.25, 0.3) is 0 Å². The van der Waals surface area contributed by atoms with Crippen LogP contribution in [0.1, 0.15) is 18.4 Å². The summed E-state index contributed by atoms with van der Waals surface area (Å²) >= 11 is 0. The maximum atomic E-state index is 11.5. The molecule has 0 radical (unpaired) electrons. The molecule has 4 nitrogen and oxygen atoms in total. The molecule has 1 aliphatic heterocycles. The third-order valence-electron chi connectivity index (χ3n) is 3.72. The van der Waals surface area contributed by atoms with E-state index < -0.39 is 9.84 Å². The predicted molar refractivity (Wildman–Crippen MR) is 74.5 cm³/mol. The quantitative estimate of drug-likeness (QED) is 0.867. The van der Waals surface area contributed by atoms with Gasteiger partial charge in [0.05, 0.1) is 17.0 Å². The summed E-state index contributed by atoms with van der Waals surface area (Å²) in [6.07, 6.45) is 1.17. The SMILES string of the molecule is Cc1ccccc1NC1(CN)CCS(=O)(=O)CC1. The van der Waals surface area contributed by atoms with Crippen LogP contribution in [-0.2, 0) is 9.84 Å². The molecule has 1 heterocycles. The molecule has 100 valence electrons. The smallest absolute Gasteiger partial charge is 0.150 e. The molecule has 0 bridgehead atoms. The van der Waals surface area contributed by atoms with Crippen LogP contribution in [0.5, 0.6) is 0 Å². The largest absolute Gasteiger partial charge is 0.378 e. The second-order valence-electron chi connectivity index (χ2n) is 5.08. The van der Waals surface area contributed by atoms with Crippen molar-refractivity contribution in [3.05, 3.63) is 29.8 Å². The van der Waals surface area contributed by atoms with Crippen LogP contribution in [0.4, 0.5) is 5.69 Å². The maximum absolute atomic E-state index is 11.5. The molecule has 1 aliphatic rings. The van der Waals surface area contributed by atoms with Crippen molar-refractivity contribution in [3.63, 3.8) is 0 Å². The Kier molecular flexibility index (Phi) is 3.64. The number of anilines is 1. The van der Waals surface area contributed by atoms with E-state index in [1.54, 1.807) is 0 Å². The van der Waals surface area contributed by atoms with Gasteiger partial charge in [-0.15, -0.1) is 0 Å². The van der Waals surface area contributed by atoms with Gasteiger partial charge >= 0.3 is 0 Å². The molecule has 1 aromatic carbocycles. The van der Waals surface area contributed by atoms with Crippen molar-refractivity contribution in [1.29, 1.82) is 0 Å². The Morgan fingerprint density at radius 3 is 2.44 bits per heavy atom. The molecule has 0 saturated carbocycles. The Bertz CT molecular complexity index is 512. The van der Waals surface area contributed by atoms with Gasteiger partial charge in [0.15, 0.2) is 9.84 Å². The average Bonchev–Trinajstić information content (AvgIpc) is 2.35. The summed E-state index contributed by atoms with van der Waals surface area (Å²) in [7, 11) is -2.86. The Labute approximate surface area is 108 Å². The molecule has 0 atom stereocenters. The van der Waals surface area contributed by atoms with Crippen LogP contribution < -0.4 is 11.1 Å². The standard InChI is InChI=1S/C13H20N2O2S/c1-11-4-2-3-5-12(11)15-13(10-14)6-8-18(16,17)9-7-13/h2-5,15H,6-10,14H2,1H3. The molecule has 0 aromatic heterocycles. The molecule has 5 heteroatoms. The van der Waals surface area contributed by atoms with Crippen LogP contribution in [0, 0.1) is 6.92 Å². The number of hydrogen-bond acceptors (Lipinski definition) is 4. The van der Waals surface area contributed by atoms with Gasteiger partial charge in [0, 0.05) is 12.2 Å². The number of sulfone groups is 1. The van der Waals surface area contributed by atoms with Crippen molar-refractivity contribution in [3.8, 4) is 0 Å². The molecule has 0 amide bonds. The van der Waals surface area contributed by atoms with E-state index >= 15 is 0 Å². The van der Waals surface area contributed by atoms with Crippen LogP contribution in [0.3, 0.4) is 0 Å². The lowest BCUT2D eigenvalue weighted by Gasteiger charge is -2.38. The van der Waals surface area contributed by atoms with Crippen LogP contribution in [0.2, 0.25) is 0 Å². The van der Waals surface area contributed by atoms with Crippen molar-refractivity contribution in [2.24, 2.45) is 5.73 Å². The number of nitrogens with one attached hydrogen (secondary N) is 1. The van der Waals surface area contributed by atoms with Crippen molar-refractivity contribution < 1.29 is 8.42 Å². The predicted octanol–water partition coefficient (Wildman–Crippen LogP) is 1.31. The molecular formula is C13H20N2O2S. The number of hydrogen-bond donors (Lipinski definition) is 2. The molecule has 0 aliphatic carbocycles. The summed E-state index contributed by atoms with van der Waals surface area (Å²) in [5.41, 5.74) is 7.78. The van der Waals surface area contributed by atoms with E-state index in [4.69, 9.17) is 5.73 Å². The second-order valence-corrected chi connectivity index (χ2v) is 7.38. The topological polar surface area (TPSA) is 72.2 Å². The van der Waals surface area contributed by atoms with Crippen molar-refractivity contribution in [2.75, 3.05) is 23.4 Å². The van der Waals surface area contributed by atoms with E-state index in [2.05, 4.69) is 5.32 Å². The number of aryl methyl sites for hydroxylation is 1. The number of rotatable bonds is 3. The van der Waals surface area contributed by atoms with E-state index in [0.717, 1.165) is 11.3 Å². The number of benzene rings is 1. The average molecular weight is 268 g/mol. The Balaban J connectivity index is 2.18. The molecular weight excluding hydrogens is 248 g/mol. The highest BCUT2D eigenvalue weighted by molar-refractivity contribution is 7.91. The fourth-order valence-electron chi connectivity index (χ4n) is 2.31. The summed E-state index contributed by atoms with van der Waals surface area (Å²) < 4.78 is 23.0. The summed E-state index contributed by atoms with van der Waals surface area (Å²) in [5.74, 6) is 0.451. The lowest BCUT2D eigenvalue weighted by atomic mass is 9.91. The summed E-state index contributed by atoms with van der Waals surface area (Å²) in [6, 6.07) is 8.00. The van der Waals surface area contributed by atoms with E-state index in [-0.39, 0.29) is 17.0 Å². The zero-order chi connectivity index (χ0) is 13.2. The van der Waals surface area contributed by atoms with Gasteiger partial charge in [0.1, 0.15) is 0 Å². The highest BCUT2D eigenvalue weighted by atomic mass is 32.2. The first kappa shape index (κ1) is 13.4. The minimum absolute atomic E-state index is 0.225. The second kappa shape index (κ2) is 4.90. The van der Waals surface area contributed by atoms with Crippen molar-refractivity contribution in [2.45, 2.75) is 25.3 Å². The lowest BCUT2D eigenvalue weighted by Crippen LogP contribution is -2.51. The molecule has 0 unspecified atom stereocenters. The third-order valence-corrected chi connectivity index (χ3v) is 5.37. The molecule has 1 saturated heterocycles. The van der Waals surface area contributed by atoms with E-state index in [1.807, 2.05) is 31.2 Å². The minimum Gasteiger partial charge on any atom is -0.378 e. The third kappa shape index (κ3) is 2.84. The van der Waals surface area contributed by atoms with Crippen molar-refractivity contribution in [1.82, 2.24) is 0 Å². The first-order chi connectivity index (χ1) is 8.46. The number of nitrogens with two attached hydrogens (primary N) is 1. The van der Waals surface area contributed by atoms with E-state index in [9.17, 15) is 8.42 Å². The first-order valence-corrected chi connectivity index (χ1v) is 8.03. The van der Waals surface area contributed by atoms with Crippen LogP contribution >= 0.6 is 0 Å². The normalized spacial score (nSPS) is 21.4. The molecule has 18 heavy (non-hydrogen) atoms. The van der Waals surface area contributed by atoms with Gasteiger partial charge in [-0.2, -0.15) is 0 Å². The van der Waals surface area contributed by atoms with Gasteiger partial charge in [0.2, 0.25) is 0 Å². The summed E-state index contributed by atoms with van der Waals surface area (Å²) in [5, 5.41) is 3.46. The van der Waals surface area contributed by atoms with Crippen LogP contribution in [0.25, 0.3) is 0 Å². The maximum Gasteiger partial charge on any atom is 0.150 e. The molecule has 3 N–H and O–H groups in total. The van der Waals surface area contributed by atoms with Gasteiger partial charge < -0.3 is 11.1 Å². The molecule has 1 aromatic rings. The van der Waals surface area contributed by atoms with Gasteiger partial charge in [-0.3, -0.25) is 0 Å².